The molecule has 4 aromatic rings. The third kappa shape index (κ3) is 5.68. The fourth-order valence-electron chi connectivity index (χ4n) is 4.50. The van der Waals surface area contributed by atoms with Crippen molar-refractivity contribution in [1.29, 1.82) is 0 Å². The molecular formula is C29H28ClFN2O3. The Labute approximate surface area is 215 Å². The lowest BCUT2D eigenvalue weighted by Gasteiger charge is -2.34. The average molecular weight is 507 g/mol. The van der Waals surface area contributed by atoms with Gasteiger partial charge in [-0.15, -0.1) is 0 Å². The van der Waals surface area contributed by atoms with Crippen LogP contribution in [0.3, 0.4) is 0 Å². The van der Waals surface area contributed by atoms with Crippen LogP contribution < -0.4 is 0 Å². The topological polar surface area (TPSA) is 45.5 Å². The average Bonchev–Trinajstić information content (AvgIpc) is 3.56. The van der Waals surface area contributed by atoms with Crippen LogP contribution in [0.2, 0.25) is 5.02 Å². The van der Waals surface area contributed by atoms with Crippen LogP contribution in [0.25, 0.3) is 11.1 Å². The molecule has 7 heteroatoms. The molecule has 0 saturated carbocycles. The largest absolute Gasteiger partial charge is 0.374 e. The zero-order valence-electron chi connectivity index (χ0n) is 20.0. The van der Waals surface area contributed by atoms with E-state index in [-0.39, 0.29) is 17.8 Å². The van der Waals surface area contributed by atoms with Gasteiger partial charge in [-0.1, -0.05) is 67.1 Å². The van der Waals surface area contributed by atoms with Crippen molar-refractivity contribution in [2.24, 2.45) is 0 Å². The highest BCUT2D eigenvalue weighted by Crippen LogP contribution is 2.39. The molecule has 36 heavy (non-hydrogen) atoms. The van der Waals surface area contributed by atoms with Gasteiger partial charge < -0.3 is 18.8 Å². The Morgan fingerprint density at radius 3 is 2.42 bits per heavy atom. The van der Waals surface area contributed by atoms with E-state index >= 15 is 0 Å². The summed E-state index contributed by atoms with van der Waals surface area (Å²) in [5.74, 6) is -1.31. The lowest BCUT2D eigenvalue weighted by molar-refractivity contribution is -0.196. The number of ether oxygens (including phenoxy) is 3. The first-order chi connectivity index (χ1) is 17.5. The first-order valence-corrected chi connectivity index (χ1v) is 12.3. The molecular weight excluding hydrogens is 479 g/mol. The van der Waals surface area contributed by atoms with Crippen molar-refractivity contribution in [3.05, 3.63) is 113 Å². The minimum atomic E-state index is -0.910. The van der Waals surface area contributed by atoms with Crippen molar-refractivity contribution in [1.82, 2.24) is 9.55 Å². The van der Waals surface area contributed by atoms with E-state index in [4.69, 9.17) is 25.8 Å². The minimum Gasteiger partial charge on any atom is -0.374 e. The third-order valence-electron chi connectivity index (χ3n) is 6.58. The van der Waals surface area contributed by atoms with Crippen molar-refractivity contribution in [2.45, 2.75) is 37.9 Å². The van der Waals surface area contributed by atoms with Gasteiger partial charge in [-0.25, -0.2) is 9.37 Å². The molecule has 0 N–H and O–H groups in total. The molecule has 5 nitrogen and oxygen atoms in total. The van der Waals surface area contributed by atoms with Crippen LogP contribution in [0.4, 0.5) is 4.39 Å². The second-order valence-corrected chi connectivity index (χ2v) is 9.53. The van der Waals surface area contributed by atoms with E-state index < -0.39 is 5.79 Å². The molecule has 186 valence electrons. The summed E-state index contributed by atoms with van der Waals surface area (Å²) in [7, 11) is 0. The normalized spacial score (nSPS) is 20.5. The van der Waals surface area contributed by atoms with E-state index in [1.807, 2.05) is 42.0 Å². The van der Waals surface area contributed by atoms with Crippen molar-refractivity contribution >= 4 is 11.6 Å². The fraction of sp³-hybridized carbons (Fsp3) is 0.276. The Morgan fingerprint density at radius 2 is 1.75 bits per heavy atom. The quantitative estimate of drug-likeness (QED) is 0.261. The van der Waals surface area contributed by atoms with Gasteiger partial charge >= 0.3 is 0 Å². The van der Waals surface area contributed by atoms with Crippen LogP contribution in [0, 0.1) is 5.82 Å². The first kappa shape index (κ1) is 24.7. The SMILES string of the molecule is CC(c1ccc(F)cc1)C1(Cn2ccnc2)OCC(COCc2ccc(-c3ccc(Cl)cc3)cc2)O1. The highest BCUT2D eigenvalue weighted by molar-refractivity contribution is 6.30. The Hall–Kier alpha value is -3.03. The van der Waals surface area contributed by atoms with Gasteiger partial charge in [0.1, 0.15) is 11.9 Å². The molecule has 3 aromatic carbocycles. The van der Waals surface area contributed by atoms with E-state index in [0.717, 1.165) is 27.3 Å². The Kier molecular flexibility index (Phi) is 7.48. The number of rotatable bonds is 9. The smallest absolute Gasteiger partial charge is 0.193 e. The van der Waals surface area contributed by atoms with E-state index in [1.165, 1.54) is 12.1 Å². The van der Waals surface area contributed by atoms with Crippen LogP contribution in [0.1, 0.15) is 24.0 Å². The summed E-state index contributed by atoms with van der Waals surface area (Å²) < 4.78 is 34.2. The molecule has 0 amide bonds. The van der Waals surface area contributed by atoms with Crippen molar-refractivity contribution in [2.75, 3.05) is 13.2 Å². The van der Waals surface area contributed by atoms with Gasteiger partial charge in [0, 0.05) is 23.3 Å². The highest BCUT2D eigenvalue weighted by Gasteiger charge is 2.47. The van der Waals surface area contributed by atoms with Gasteiger partial charge in [0.05, 0.1) is 32.7 Å². The molecule has 2 heterocycles. The molecule has 1 saturated heterocycles. The predicted molar refractivity (Wildman–Crippen MR) is 137 cm³/mol. The number of halogens is 2. The second-order valence-electron chi connectivity index (χ2n) is 9.09. The molecule has 0 spiro atoms. The number of hydrogen-bond donors (Lipinski definition) is 0. The Balaban J connectivity index is 1.21. The maximum absolute atomic E-state index is 13.5. The maximum atomic E-state index is 13.5. The number of hydrogen-bond acceptors (Lipinski definition) is 4. The van der Waals surface area contributed by atoms with Gasteiger partial charge in [-0.05, 0) is 46.5 Å². The molecule has 0 radical (unpaired) electrons. The van der Waals surface area contributed by atoms with E-state index in [0.29, 0.717) is 26.4 Å². The first-order valence-electron chi connectivity index (χ1n) is 12.0. The van der Waals surface area contributed by atoms with Crippen LogP contribution >= 0.6 is 11.6 Å². The summed E-state index contributed by atoms with van der Waals surface area (Å²) in [6.45, 7) is 3.79. The van der Waals surface area contributed by atoms with E-state index in [2.05, 4.69) is 29.2 Å². The molecule has 5 rings (SSSR count). The molecule has 1 aliphatic rings. The summed E-state index contributed by atoms with van der Waals surface area (Å²) >= 11 is 5.99. The number of aromatic nitrogens is 2. The summed E-state index contributed by atoms with van der Waals surface area (Å²) in [4.78, 5) is 4.14. The zero-order valence-corrected chi connectivity index (χ0v) is 20.8. The van der Waals surface area contributed by atoms with Gasteiger partial charge in [-0.3, -0.25) is 0 Å². The van der Waals surface area contributed by atoms with Crippen LogP contribution in [0.15, 0.2) is 91.5 Å². The van der Waals surface area contributed by atoms with Gasteiger partial charge in [0.25, 0.3) is 0 Å². The number of nitrogens with zero attached hydrogens (tertiary/aromatic N) is 2. The predicted octanol–water partition coefficient (Wildman–Crippen LogP) is 6.47. The third-order valence-corrected chi connectivity index (χ3v) is 6.83. The van der Waals surface area contributed by atoms with E-state index in [9.17, 15) is 4.39 Å². The van der Waals surface area contributed by atoms with Crippen LogP contribution in [-0.4, -0.2) is 34.7 Å². The summed E-state index contributed by atoms with van der Waals surface area (Å²) in [5, 5.41) is 0.725. The zero-order chi connectivity index (χ0) is 25.0. The molecule has 1 fully saturated rings. The van der Waals surface area contributed by atoms with Crippen molar-refractivity contribution < 1.29 is 18.6 Å². The van der Waals surface area contributed by atoms with Crippen molar-refractivity contribution in [3.63, 3.8) is 0 Å². The molecule has 1 aromatic heterocycles. The van der Waals surface area contributed by atoms with Gasteiger partial charge in [0.2, 0.25) is 0 Å². The minimum absolute atomic E-state index is 0.133. The lowest BCUT2D eigenvalue weighted by Crippen LogP contribution is -2.41. The highest BCUT2D eigenvalue weighted by atomic mass is 35.5. The molecule has 0 aliphatic carbocycles. The Bertz CT molecular complexity index is 1250. The maximum Gasteiger partial charge on any atom is 0.193 e. The van der Waals surface area contributed by atoms with Gasteiger partial charge in [-0.2, -0.15) is 0 Å². The summed E-state index contributed by atoms with van der Waals surface area (Å²) in [6.07, 6.45) is 5.13. The molecule has 3 unspecified atom stereocenters. The van der Waals surface area contributed by atoms with Crippen molar-refractivity contribution in [3.8, 4) is 11.1 Å². The lowest BCUT2D eigenvalue weighted by atomic mass is 9.92. The summed E-state index contributed by atoms with van der Waals surface area (Å²) in [6, 6.07) is 22.6. The molecule has 0 bridgehead atoms. The molecule has 3 atom stereocenters. The second kappa shape index (κ2) is 10.9. The van der Waals surface area contributed by atoms with Crippen LogP contribution in [-0.2, 0) is 27.4 Å². The van der Waals surface area contributed by atoms with Gasteiger partial charge in [0.15, 0.2) is 5.79 Å². The van der Waals surface area contributed by atoms with Crippen LogP contribution in [0.5, 0.6) is 0 Å². The number of benzene rings is 3. The molecule has 1 aliphatic heterocycles. The number of imidazole rings is 1. The Morgan fingerprint density at radius 1 is 1.06 bits per heavy atom. The van der Waals surface area contributed by atoms with E-state index in [1.54, 1.807) is 24.7 Å². The standard InChI is InChI=1S/C29H28ClFN2O3/c1-21(23-8-12-27(31)13-9-23)29(19-33-15-14-32-20-33)35-18-28(36-29)17-34-16-22-2-4-24(5-3-22)25-6-10-26(30)11-7-25/h2-15,20-21,28H,16-19H2,1H3. The fourth-order valence-corrected chi connectivity index (χ4v) is 4.62. The summed E-state index contributed by atoms with van der Waals surface area (Å²) in [5.41, 5.74) is 4.27. The monoisotopic (exact) mass is 506 g/mol.